The van der Waals surface area contributed by atoms with E-state index >= 15 is 0 Å². The molecule has 1 rings (SSSR count). The summed E-state index contributed by atoms with van der Waals surface area (Å²) in [5.41, 5.74) is 0. The largest absolute Gasteiger partial charge is 0.358 e. The van der Waals surface area contributed by atoms with Crippen LogP contribution in [0.3, 0.4) is 0 Å². The summed E-state index contributed by atoms with van der Waals surface area (Å²) < 4.78 is 0.685. The van der Waals surface area contributed by atoms with Crippen LogP contribution < -0.4 is 16.0 Å². The Hall–Kier alpha value is -1.35. The molecule has 0 radical (unpaired) electrons. The molecule has 0 bridgehead atoms. The Morgan fingerprint density at radius 3 is 2.72 bits per heavy atom. The summed E-state index contributed by atoms with van der Waals surface area (Å²) in [6, 6.07) is -0.229. The van der Waals surface area contributed by atoms with Crippen molar-refractivity contribution in [1.82, 2.24) is 20.8 Å². The Kier molecular flexibility index (Phi) is 5.86. The molecule has 0 saturated carbocycles. The molecule has 3 amide bonds. The Balaban J connectivity index is 2.37. The molecular formula is C9H15N5O2S2. The fourth-order valence-corrected chi connectivity index (χ4v) is 2.62. The van der Waals surface area contributed by atoms with Crippen LogP contribution >= 0.6 is 23.1 Å². The number of imide groups is 1. The third-order valence-electron chi connectivity index (χ3n) is 1.63. The van der Waals surface area contributed by atoms with Crippen molar-refractivity contribution in [3.05, 3.63) is 0 Å². The minimum Gasteiger partial charge on any atom is -0.358 e. The van der Waals surface area contributed by atoms with Crippen LogP contribution in [-0.2, 0) is 4.79 Å². The van der Waals surface area contributed by atoms with E-state index in [0.29, 0.717) is 4.34 Å². The van der Waals surface area contributed by atoms with E-state index in [2.05, 4.69) is 26.1 Å². The summed E-state index contributed by atoms with van der Waals surface area (Å²) in [4.78, 5) is 22.2. The van der Waals surface area contributed by atoms with Crippen molar-refractivity contribution in [2.75, 3.05) is 18.1 Å². The van der Waals surface area contributed by atoms with Gasteiger partial charge >= 0.3 is 6.03 Å². The zero-order valence-electron chi connectivity index (χ0n) is 10.3. The average Bonchev–Trinajstić information content (AvgIpc) is 2.73. The van der Waals surface area contributed by atoms with Crippen molar-refractivity contribution in [2.45, 2.75) is 24.2 Å². The SMILES string of the molecule is CNC(=O)NC(=O)CSc1nnc(NC(C)C)s1. The predicted molar refractivity (Wildman–Crippen MR) is 72.0 cm³/mol. The van der Waals surface area contributed by atoms with Gasteiger partial charge in [-0.2, -0.15) is 0 Å². The fourth-order valence-electron chi connectivity index (χ4n) is 0.926. The Morgan fingerprint density at radius 1 is 1.39 bits per heavy atom. The smallest absolute Gasteiger partial charge is 0.321 e. The van der Waals surface area contributed by atoms with E-state index < -0.39 is 6.03 Å². The lowest BCUT2D eigenvalue weighted by molar-refractivity contribution is -0.117. The van der Waals surface area contributed by atoms with Gasteiger partial charge in [-0.1, -0.05) is 23.1 Å². The molecule has 3 N–H and O–H groups in total. The van der Waals surface area contributed by atoms with Crippen LogP contribution in [0.1, 0.15) is 13.8 Å². The zero-order chi connectivity index (χ0) is 13.5. The number of hydrogen-bond donors (Lipinski definition) is 3. The second-order valence-corrected chi connectivity index (χ2v) is 5.79. The Labute approximate surface area is 113 Å². The predicted octanol–water partition coefficient (Wildman–Crippen LogP) is 0.906. The second-order valence-electron chi connectivity index (χ2n) is 3.59. The second kappa shape index (κ2) is 7.17. The monoisotopic (exact) mass is 289 g/mol. The van der Waals surface area contributed by atoms with Gasteiger partial charge in [-0.15, -0.1) is 10.2 Å². The van der Waals surface area contributed by atoms with Gasteiger partial charge in [0.15, 0.2) is 4.34 Å². The van der Waals surface area contributed by atoms with Gasteiger partial charge in [0.2, 0.25) is 11.0 Å². The van der Waals surface area contributed by atoms with E-state index in [4.69, 9.17) is 0 Å². The highest BCUT2D eigenvalue weighted by atomic mass is 32.2. The molecule has 9 heteroatoms. The van der Waals surface area contributed by atoms with E-state index in [9.17, 15) is 9.59 Å². The summed E-state index contributed by atoms with van der Waals surface area (Å²) in [7, 11) is 1.45. The van der Waals surface area contributed by atoms with E-state index in [1.807, 2.05) is 13.8 Å². The number of urea groups is 1. The molecule has 0 aliphatic rings. The third-order valence-corrected chi connectivity index (χ3v) is 3.61. The third kappa shape index (κ3) is 5.32. The van der Waals surface area contributed by atoms with E-state index in [1.165, 1.54) is 30.1 Å². The topological polar surface area (TPSA) is 96.0 Å². The molecule has 1 heterocycles. The molecule has 7 nitrogen and oxygen atoms in total. The summed E-state index contributed by atoms with van der Waals surface area (Å²) in [6.45, 7) is 4.01. The number of aromatic nitrogens is 2. The number of thioether (sulfide) groups is 1. The normalized spacial score (nSPS) is 10.2. The molecule has 1 aromatic heterocycles. The highest BCUT2D eigenvalue weighted by molar-refractivity contribution is 8.01. The maximum absolute atomic E-state index is 11.3. The molecule has 1 aromatic rings. The quantitative estimate of drug-likeness (QED) is 0.697. The molecule has 0 spiro atoms. The number of amides is 3. The molecule has 0 aliphatic heterocycles. The van der Waals surface area contributed by atoms with Crippen LogP contribution in [0.15, 0.2) is 4.34 Å². The summed E-state index contributed by atoms with van der Waals surface area (Å²) in [5.74, 6) is -0.239. The number of anilines is 1. The Bertz CT molecular complexity index is 421. The standard InChI is InChI=1S/C9H15N5O2S2/c1-5(2)11-8-13-14-9(18-8)17-4-6(15)12-7(16)10-3/h5H,4H2,1-3H3,(H,11,13)(H2,10,12,15,16). The Morgan fingerprint density at radius 2 is 2.11 bits per heavy atom. The number of nitrogens with one attached hydrogen (secondary N) is 3. The van der Waals surface area contributed by atoms with Crippen molar-refractivity contribution in [2.24, 2.45) is 0 Å². The number of carbonyl (C=O) groups is 2. The first kappa shape index (κ1) is 14.7. The van der Waals surface area contributed by atoms with Crippen molar-refractivity contribution in [3.8, 4) is 0 Å². The summed E-state index contributed by atoms with van der Waals surface area (Å²) in [5, 5.41) is 16.2. The lowest BCUT2D eigenvalue weighted by atomic mass is 10.4. The highest BCUT2D eigenvalue weighted by Gasteiger charge is 2.10. The maximum Gasteiger partial charge on any atom is 0.321 e. The summed E-state index contributed by atoms with van der Waals surface area (Å²) >= 11 is 2.62. The van der Waals surface area contributed by atoms with Crippen LogP contribution in [0.2, 0.25) is 0 Å². The number of hydrogen-bond acceptors (Lipinski definition) is 7. The van der Waals surface area contributed by atoms with Crippen LogP contribution in [0.4, 0.5) is 9.93 Å². The fraction of sp³-hybridized carbons (Fsp3) is 0.556. The first-order valence-corrected chi connectivity index (χ1v) is 7.06. The van der Waals surface area contributed by atoms with Crippen molar-refractivity contribution < 1.29 is 9.59 Å². The van der Waals surface area contributed by atoms with Gasteiger partial charge in [0, 0.05) is 13.1 Å². The minimum atomic E-state index is -0.514. The highest BCUT2D eigenvalue weighted by Crippen LogP contribution is 2.25. The zero-order valence-corrected chi connectivity index (χ0v) is 11.9. The lowest BCUT2D eigenvalue weighted by Crippen LogP contribution is -2.38. The van der Waals surface area contributed by atoms with Gasteiger partial charge in [-0.25, -0.2) is 4.79 Å². The molecule has 0 saturated heterocycles. The van der Waals surface area contributed by atoms with Gasteiger partial charge in [0.25, 0.3) is 0 Å². The van der Waals surface area contributed by atoms with Crippen LogP contribution in [-0.4, -0.2) is 41.0 Å². The molecule has 0 atom stereocenters. The summed E-state index contributed by atoms with van der Waals surface area (Å²) in [6.07, 6.45) is 0. The van der Waals surface area contributed by atoms with E-state index in [1.54, 1.807) is 0 Å². The van der Waals surface area contributed by atoms with Gasteiger partial charge in [0.1, 0.15) is 0 Å². The van der Waals surface area contributed by atoms with Crippen LogP contribution in [0.25, 0.3) is 0 Å². The average molecular weight is 289 g/mol. The first-order chi connectivity index (χ1) is 8.51. The van der Waals surface area contributed by atoms with Crippen LogP contribution in [0.5, 0.6) is 0 Å². The lowest BCUT2D eigenvalue weighted by Gasteiger charge is -2.03. The van der Waals surface area contributed by atoms with Gasteiger partial charge in [-0.05, 0) is 13.8 Å². The van der Waals surface area contributed by atoms with E-state index in [-0.39, 0.29) is 17.7 Å². The molecule has 0 aromatic carbocycles. The molecule has 0 unspecified atom stereocenters. The molecule has 0 fully saturated rings. The number of carbonyl (C=O) groups excluding carboxylic acids is 2. The van der Waals surface area contributed by atoms with Crippen LogP contribution in [0, 0.1) is 0 Å². The molecule has 100 valence electrons. The van der Waals surface area contributed by atoms with Gasteiger partial charge in [-0.3, -0.25) is 10.1 Å². The van der Waals surface area contributed by atoms with Crippen molar-refractivity contribution in [1.29, 1.82) is 0 Å². The first-order valence-electron chi connectivity index (χ1n) is 5.25. The van der Waals surface area contributed by atoms with Gasteiger partial charge < -0.3 is 10.6 Å². The number of rotatable bonds is 5. The molecule has 18 heavy (non-hydrogen) atoms. The number of nitrogens with zero attached hydrogens (tertiary/aromatic N) is 2. The maximum atomic E-state index is 11.3. The van der Waals surface area contributed by atoms with Crippen molar-refractivity contribution >= 4 is 40.2 Å². The van der Waals surface area contributed by atoms with E-state index in [0.717, 1.165) is 5.13 Å². The van der Waals surface area contributed by atoms with Crippen molar-refractivity contribution in [3.63, 3.8) is 0 Å². The minimum absolute atomic E-state index is 0.129. The molecular weight excluding hydrogens is 274 g/mol. The van der Waals surface area contributed by atoms with Gasteiger partial charge in [0.05, 0.1) is 5.75 Å². The molecule has 0 aliphatic carbocycles.